The lowest BCUT2D eigenvalue weighted by Crippen LogP contribution is -2.03. The first-order valence-corrected chi connectivity index (χ1v) is 5.19. The quantitative estimate of drug-likeness (QED) is 0.477. The number of hydrogen-bond donors (Lipinski definition) is 0. The Hall–Kier alpha value is -0.670. The Bertz CT molecular complexity index is 428. The number of carbonyl (C=O) groups is 1. The molecule has 1 aromatic rings. The van der Waals surface area contributed by atoms with Crippen molar-refractivity contribution in [2.45, 2.75) is 0 Å². The van der Waals surface area contributed by atoms with E-state index in [0.29, 0.717) is 0 Å². The van der Waals surface area contributed by atoms with Crippen molar-refractivity contribution < 1.29 is 9.18 Å². The van der Waals surface area contributed by atoms with Crippen molar-refractivity contribution >= 4 is 40.0 Å². The molecule has 72 valence electrons. The van der Waals surface area contributed by atoms with Crippen molar-refractivity contribution in [2.75, 3.05) is 5.88 Å². The summed E-state index contributed by atoms with van der Waals surface area (Å²) in [7, 11) is 0. The van der Waals surface area contributed by atoms with Gasteiger partial charge in [0.25, 0.3) is 0 Å². The molecular weight excluding hydrogens is 319 g/mol. The summed E-state index contributed by atoms with van der Waals surface area (Å²) in [5.74, 6) is -1.09. The highest BCUT2D eigenvalue weighted by Crippen LogP contribution is 2.18. The van der Waals surface area contributed by atoms with Gasteiger partial charge in [-0.1, -0.05) is 0 Å². The van der Waals surface area contributed by atoms with Crippen molar-refractivity contribution in [2.24, 2.45) is 0 Å². The van der Waals surface area contributed by atoms with Gasteiger partial charge in [0.1, 0.15) is 6.07 Å². The Morgan fingerprint density at radius 3 is 2.79 bits per heavy atom. The standard InChI is InChI=1S/C9H4ClFINO/c10-3-8(14)5-1-6(4-13)9(11)7(12)2-5/h1-2H,3H2. The van der Waals surface area contributed by atoms with E-state index < -0.39 is 5.82 Å². The first-order valence-electron chi connectivity index (χ1n) is 3.58. The fourth-order valence-electron chi connectivity index (χ4n) is 0.909. The number of nitriles is 1. The summed E-state index contributed by atoms with van der Waals surface area (Å²) in [6, 6.07) is 4.27. The van der Waals surface area contributed by atoms with Crippen LogP contribution < -0.4 is 0 Å². The van der Waals surface area contributed by atoms with Gasteiger partial charge >= 0.3 is 0 Å². The van der Waals surface area contributed by atoms with E-state index in [4.69, 9.17) is 16.9 Å². The van der Waals surface area contributed by atoms with Crippen LogP contribution in [0, 0.1) is 20.7 Å². The lowest BCUT2D eigenvalue weighted by molar-refractivity contribution is 0.102. The summed E-state index contributed by atoms with van der Waals surface area (Å²) in [5.41, 5.74) is 0.132. The SMILES string of the molecule is N#Cc1cc(C(=O)CCl)cc(I)c1F. The molecule has 14 heavy (non-hydrogen) atoms. The van der Waals surface area contributed by atoms with Crippen LogP contribution >= 0.6 is 34.2 Å². The smallest absolute Gasteiger partial charge is 0.177 e. The third-order valence-electron chi connectivity index (χ3n) is 1.59. The number of alkyl halides is 1. The van der Waals surface area contributed by atoms with E-state index >= 15 is 0 Å². The number of hydrogen-bond acceptors (Lipinski definition) is 2. The first kappa shape index (κ1) is 11.4. The minimum Gasteiger partial charge on any atom is -0.293 e. The fourth-order valence-corrected chi connectivity index (χ4v) is 1.69. The van der Waals surface area contributed by atoms with Gasteiger partial charge in [-0.2, -0.15) is 5.26 Å². The number of carbonyl (C=O) groups excluding carboxylic acids is 1. The highest BCUT2D eigenvalue weighted by molar-refractivity contribution is 14.1. The van der Waals surface area contributed by atoms with Gasteiger partial charge < -0.3 is 0 Å². The van der Waals surface area contributed by atoms with E-state index in [1.54, 1.807) is 28.7 Å². The second-order valence-corrected chi connectivity index (χ2v) is 3.92. The van der Waals surface area contributed by atoms with Crippen molar-refractivity contribution in [1.82, 2.24) is 0 Å². The number of Topliss-reactive ketones (excluding diaryl/α,β-unsaturated/α-hetero) is 1. The van der Waals surface area contributed by atoms with Crippen LogP contribution in [0.1, 0.15) is 15.9 Å². The van der Waals surface area contributed by atoms with E-state index in [9.17, 15) is 9.18 Å². The van der Waals surface area contributed by atoms with E-state index in [0.717, 1.165) is 0 Å². The molecule has 0 unspecified atom stereocenters. The predicted molar refractivity (Wildman–Crippen MR) is 58.9 cm³/mol. The summed E-state index contributed by atoms with van der Waals surface area (Å²) in [5, 5.41) is 8.58. The zero-order valence-electron chi connectivity index (χ0n) is 6.85. The largest absolute Gasteiger partial charge is 0.293 e. The molecule has 0 amide bonds. The molecular formula is C9H4ClFINO. The molecule has 1 rings (SSSR count). The Kier molecular flexibility index (Phi) is 3.84. The van der Waals surface area contributed by atoms with Crippen LogP contribution in [0.3, 0.4) is 0 Å². The van der Waals surface area contributed by atoms with Gasteiger partial charge in [-0.15, -0.1) is 11.6 Å². The van der Waals surface area contributed by atoms with Crippen LogP contribution in [0.2, 0.25) is 0 Å². The number of ketones is 1. The summed E-state index contributed by atoms with van der Waals surface area (Å²) >= 11 is 7.07. The number of nitrogens with zero attached hydrogens (tertiary/aromatic N) is 1. The third kappa shape index (κ3) is 2.22. The zero-order valence-corrected chi connectivity index (χ0v) is 9.76. The lowest BCUT2D eigenvalue weighted by Gasteiger charge is -2.01. The van der Waals surface area contributed by atoms with Gasteiger partial charge in [0.15, 0.2) is 11.6 Å². The minimum atomic E-state index is -0.598. The molecule has 0 spiro atoms. The maximum absolute atomic E-state index is 13.2. The van der Waals surface area contributed by atoms with Crippen LogP contribution in [-0.4, -0.2) is 11.7 Å². The molecule has 0 aliphatic carbocycles. The van der Waals surface area contributed by atoms with Gasteiger partial charge in [-0.05, 0) is 34.7 Å². The Morgan fingerprint density at radius 1 is 1.64 bits per heavy atom. The van der Waals surface area contributed by atoms with Crippen molar-refractivity contribution in [3.8, 4) is 6.07 Å². The highest BCUT2D eigenvalue weighted by Gasteiger charge is 2.12. The highest BCUT2D eigenvalue weighted by atomic mass is 127. The Balaban J connectivity index is 3.32. The Labute approximate surface area is 98.8 Å². The molecule has 0 aliphatic rings. The molecule has 5 heteroatoms. The van der Waals surface area contributed by atoms with E-state index in [-0.39, 0.29) is 26.4 Å². The first-order chi connectivity index (χ1) is 6.60. The number of rotatable bonds is 2. The molecule has 1 aromatic carbocycles. The van der Waals surface area contributed by atoms with Crippen LogP contribution in [0.25, 0.3) is 0 Å². The molecule has 0 bridgehead atoms. The summed E-state index contributed by atoms with van der Waals surface area (Å²) < 4.78 is 13.4. The van der Waals surface area contributed by atoms with E-state index in [1.165, 1.54) is 12.1 Å². The minimum absolute atomic E-state index is 0.134. The molecule has 0 saturated carbocycles. The van der Waals surface area contributed by atoms with Crippen LogP contribution in [0.4, 0.5) is 4.39 Å². The second kappa shape index (κ2) is 4.71. The third-order valence-corrected chi connectivity index (χ3v) is 2.62. The van der Waals surface area contributed by atoms with E-state index in [2.05, 4.69) is 0 Å². The molecule has 0 saturated heterocycles. The summed E-state index contributed by atoms with van der Waals surface area (Å²) in [4.78, 5) is 11.2. The van der Waals surface area contributed by atoms with E-state index in [1.807, 2.05) is 0 Å². The number of halogens is 3. The van der Waals surface area contributed by atoms with Gasteiger partial charge in [0, 0.05) is 5.56 Å². The molecule has 0 aliphatic heterocycles. The molecule has 0 atom stereocenters. The summed E-state index contributed by atoms with van der Waals surface area (Å²) in [6.45, 7) is 0. The summed E-state index contributed by atoms with van der Waals surface area (Å²) in [6.07, 6.45) is 0. The number of benzene rings is 1. The molecule has 0 N–H and O–H groups in total. The molecule has 0 heterocycles. The fraction of sp³-hybridized carbons (Fsp3) is 0.111. The predicted octanol–water partition coefficient (Wildman–Crippen LogP) is 2.72. The normalized spacial score (nSPS) is 9.57. The van der Waals surface area contributed by atoms with Gasteiger partial charge in [0.2, 0.25) is 0 Å². The van der Waals surface area contributed by atoms with Crippen LogP contribution in [-0.2, 0) is 0 Å². The van der Waals surface area contributed by atoms with Gasteiger partial charge in [-0.3, -0.25) is 4.79 Å². The van der Waals surface area contributed by atoms with Crippen molar-refractivity contribution in [1.29, 1.82) is 5.26 Å². The average Bonchev–Trinajstić information content (AvgIpc) is 2.20. The molecule has 2 nitrogen and oxygen atoms in total. The average molecular weight is 323 g/mol. The maximum Gasteiger partial charge on any atom is 0.177 e. The van der Waals surface area contributed by atoms with Crippen LogP contribution in [0.5, 0.6) is 0 Å². The van der Waals surface area contributed by atoms with Gasteiger partial charge in [0.05, 0.1) is 15.0 Å². The Morgan fingerprint density at radius 2 is 2.29 bits per heavy atom. The van der Waals surface area contributed by atoms with Crippen LogP contribution in [0.15, 0.2) is 12.1 Å². The monoisotopic (exact) mass is 323 g/mol. The maximum atomic E-state index is 13.2. The van der Waals surface area contributed by atoms with Gasteiger partial charge in [-0.25, -0.2) is 4.39 Å². The molecule has 0 fully saturated rings. The molecule has 0 aromatic heterocycles. The van der Waals surface area contributed by atoms with Crippen molar-refractivity contribution in [3.63, 3.8) is 0 Å². The second-order valence-electron chi connectivity index (χ2n) is 2.49. The molecule has 0 radical (unpaired) electrons. The lowest BCUT2D eigenvalue weighted by atomic mass is 10.1. The topological polar surface area (TPSA) is 40.9 Å². The van der Waals surface area contributed by atoms with Crippen molar-refractivity contribution in [3.05, 3.63) is 32.6 Å². The zero-order chi connectivity index (χ0) is 10.7.